The normalized spacial score (nSPS) is 11.8. The second kappa shape index (κ2) is 6.35. The molecule has 2 aromatic rings. The molecule has 0 aliphatic rings. The van der Waals surface area contributed by atoms with E-state index in [-0.39, 0.29) is 4.90 Å². The van der Waals surface area contributed by atoms with Gasteiger partial charge in [-0.1, -0.05) is 11.6 Å². The fraction of sp³-hybridized carbons (Fsp3) is 0.214. The van der Waals surface area contributed by atoms with E-state index in [1.165, 1.54) is 16.4 Å². The molecule has 0 aliphatic heterocycles. The van der Waals surface area contributed by atoms with E-state index >= 15 is 0 Å². The first-order valence-corrected chi connectivity index (χ1v) is 7.93. The molecule has 6 heteroatoms. The minimum Gasteiger partial charge on any atom is -0.265 e. The molecule has 0 amide bonds. The lowest BCUT2D eigenvalue weighted by Crippen LogP contribution is -2.29. The molecule has 0 unspecified atom stereocenters. The van der Waals surface area contributed by atoms with Crippen LogP contribution in [0.3, 0.4) is 0 Å². The summed E-state index contributed by atoms with van der Waals surface area (Å²) >= 11 is 5.77. The van der Waals surface area contributed by atoms with Crippen LogP contribution in [0, 0.1) is 0 Å². The Labute approximate surface area is 124 Å². The molecule has 106 valence electrons. The average Bonchev–Trinajstić information content (AvgIpc) is 2.46. The van der Waals surface area contributed by atoms with Crippen molar-refractivity contribution >= 4 is 21.6 Å². The molecular weight excluding hydrogens is 296 g/mol. The predicted octanol–water partition coefficient (Wildman–Crippen LogP) is 2.60. The van der Waals surface area contributed by atoms with Crippen LogP contribution in [-0.4, -0.2) is 31.3 Å². The van der Waals surface area contributed by atoms with Gasteiger partial charge in [-0.05, 0) is 48.4 Å². The topological polar surface area (TPSA) is 50.3 Å². The standard InChI is InChI=1S/C14H15ClN2O2S/c1-17(11-8-12-6-9-16-10-7-12)20(18,19)14-4-2-13(15)3-5-14/h2-7,9-10H,8,11H2,1H3. The highest BCUT2D eigenvalue weighted by Gasteiger charge is 2.20. The largest absolute Gasteiger partial charge is 0.265 e. The van der Waals surface area contributed by atoms with Gasteiger partial charge >= 0.3 is 0 Å². The molecule has 1 aromatic carbocycles. The summed E-state index contributed by atoms with van der Waals surface area (Å²) in [5.41, 5.74) is 1.05. The number of halogens is 1. The molecule has 4 nitrogen and oxygen atoms in total. The van der Waals surface area contributed by atoms with Crippen molar-refractivity contribution < 1.29 is 8.42 Å². The number of pyridine rings is 1. The van der Waals surface area contributed by atoms with Crippen LogP contribution in [0.4, 0.5) is 0 Å². The summed E-state index contributed by atoms with van der Waals surface area (Å²) in [6.45, 7) is 0.412. The Kier molecular flexibility index (Phi) is 4.75. The maximum absolute atomic E-state index is 12.3. The molecule has 20 heavy (non-hydrogen) atoms. The molecule has 0 saturated heterocycles. The minimum atomic E-state index is -3.47. The Bertz CT molecular complexity index is 657. The first-order valence-electron chi connectivity index (χ1n) is 6.11. The Morgan fingerprint density at radius 1 is 1.10 bits per heavy atom. The highest BCUT2D eigenvalue weighted by molar-refractivity contribution is 7.89. The van der Waals surface area contributed by atoms with E-state index in [0.29, 0.717) is 18.0 Å². The predicted molar refractivity (Wildman–Crippen MR) is 79.2 cm³/mol. The van der Waals surface area contributed by atoms with Crippen molar-refractivity contribution in [2.24, 2.45) is 0 Å². The number of sulfonamides is 1. The molecule has 2 rings (SSSR count). The molecule has 0 aliphatic carbocycles. The number of likely N-dealkylation sites (N-methyl/N-ethyl adjacent to an activating group) is 1. The van der Waals surface area contributed by atoms with Gasteiger partial charge in [0.25, 0.3) is 0 Å². The Morgan fingerprint density at radius 3 is 2.30 bits per heavy atom. The molecule has 0 fully saturated rings. The number of benzene rings is 1. The van der Waals surface area contributed by atoms with Crippen molar-refractivity contribution in [3.63, 3.8) is 0 Å². The first kappa shape index (κ1) is 15.0. The molecule has 0 saturated carbocycles. The maximum atomic E-state index is 12.3. The van der Waals surface area contributed by atoms with Crippen LogP contribution >= 0.6 is 11.6 Å². The van der Waals surface area contributed by atoms with Crippen LogP contribution in [0.2, 0.25) is 5.02 Å². The van der Waals surface area contributed by atoms with Gasteiger partial charge in [0.05, 0.1) is 4.90 Å². The number of nitrogens with zero attached hydrogens (tertiary/aromatic N) is 2. The minimum absolute atomic E-state index is 0.249. The summed E-state index contributed by atoms with van der Waals surface area (Å²) in [7, 11) is -1.89. The highest BCUT2D eigenvalue weighted by atomic mass is 35.5. The van der Waals surface area contributed by atoms with Crippen LogP contribution in [0.1, 0.15) is 5.56 Å². The van der Waals surface area contributed by atoms with Gasteiger partial charge in [-0.15, -0.1) is 0 Å². The quantitative estimate of drug-likeness (QED) is 0.853. The molecular formula is C14H15ClN2O2S. The van der Waals surface area contributed by atoms with Crippen molar-refractivity contribution in [2.75, 3.05) is 13.6 Å². The third kappa shape index (κ3) is 3.56. The lowest BCUT2D eigenvalue weighted by molar-refractivity contribution is 0.472. The monoisotopic (exact) mass is 310 g/mol. The van der Waals surface area contributed by atoms with E-state index in [1.807, 2.05) is 12.1 Å². The molecule has 0 spiro atoms. The van der Waals surface area contributed by atoms with E-state index < -0.39 is 10.0 Å². The zero-order valence-electron chi connectivity index (χ0n) is 11.0. The van der Waals surface area contributed by atoms with Crippen molar-refractivity contribution in [3.05, 3.63) is 59.4 Å². The number of aromatic nitrogens is 1. The van der Waals surface area contributed by atoms with Crippen LogP contribution in [0.5, 0.6) is 0 Å². The third-order valence-corrected chi connectivity index (χ3v) is 5.11. The summed E-state index contributed by atoms with van der Waals surface area (Å²) < 4.78 is 26.0. The summed E-state index contributed by atoms with van der Waals surface area (Å²) in [6, 6.07) is 9.93. The van der Waals surface area contributed by atoms with Crippen LogP contribution < -0.4 is 0 Å². The lowest BCUT2D eigenvalue weighted by Gasteiger charge is -2.17. The maximum Gasteiger partial charge on any atom is 0.242 e. The first-order chi connectivity index (χ1) is 9.50. The molecule has 0 radical (unpaired) electrons. The lowest BCUT2D eigenvalue weighted by atomic mass is 10.2. The van der Waals surface area contributed by atoms with Crippen LogP contribution in [0.15, 0.2) is 53.7 Å². The van der Waals surface area contributed by atoms with Crippen LogP contribution in [0.25, 0.3) is 0 Å². The third-order valence-electron chi connectivity index (χ3n) is 2.99. The average molecular weight is 311 g/mol. The molecule has 1 aromatic heterocycles. The van der Waals surface area contributed by atoms with Crippen molar-refractivity contribution in [1.82, 2.24) is 9.29 Å². The Balaban J connectivity index is 2.08. The van der Waals surface area contributed by atoms with Crippen LogP contribution in [-0.2, 0) is 16.4 Å². The van der Waals surface area contributed by atoms with Crippen molar-refractivity contribution in [3.8, 4) is 0 Å². The second-order valence-electron chi connectivity index (χ2n) is 4.39. The summed E-state index contributed by atoms with van der Waals surface area (Å²) in [4.78, 5) is 4.18. The van der Waals surface area contributed by atoms with Crippen molar-refractivity contribution in [1.29, 1.82) is 0 Å². The van der Waals surface area contributed by atoms with Crippen molar-refractivity contribution in [2.45, 2.75) is 11.3 Å². The summed E-state index contributed by atoms with van der Waals surface area (Å²) in [5.74, 6) is 0. The number of hydrogen-bond acceptors (Lipinski definition) is 3. The summed E-state index contributed by atoms with van der Waals surface area (Å²) in [6.07, 6.45) is 4.04. The highest BCUT2D eigenvalue weighted by Crippen LogP contribution is 2.17. The van der Waals surface area contributed by atoms with E-state index in [4.69, 9.17) is 11.6 Å². The van der Waals surface area contributed by atoms with E-state index in [0.717, 1.165) is 5.56 Å². The molecule has 1 heterocycles. The fourth-order valence-corrected chi connectivity index (χ4v) is 3.04. The van der Waals surface area contributed by atoms with E-state index in [2.05, 4.69) is 4.98 Å². The van der Waals surface area contributed by atoms with Gasteiger partial charge in [0.1, 0.15) is 0 Å². The van der Waals surface area contributed by atoms with Gasteiger partial charge in [0.2, 0.25) is 10.0 Å². The smallest absolute Gasteiger partial charge is 0.242 e. The van der Waals surface area contributed by atoms with Gasteiger partial charge < -0.3 is 0 Å². The van der Waals surface area contributed by atoms with E-state index in [1.54, 1.807) is 31.6 Å². The SMILES string of the molecule is CN(CCc1ccncc1)S(=O)(=O)c1ccc(Cl)cc1. The number of hydrogen-bond donors (Lipinski definition) is 0. The Morgan fingerprint density at radius 2 is 1.70 bits per heavy atom. The zero-order valence-corrected chi connectivity index (χ0v) is 12.6. The van der Waals surface area contributed by atoms with Gasteiger partial charge in [0, 0.05) is 31.0 Å². The Hall–Kier alpha value is -1.43. The van der Waals surface area contributed by atoms with Gasteiger partial charge in [-0.2, -0.15) is 0 Å². The van der Waals surface area contributed by atoms with Gasteiger partial charge in [-0.3, -0.25) is 4.98 Å². The fourth-order valence-electron chi connectivity index (χ4n) is 1.74. The second-order valence-corrected chi connectivity index (χ2v) is 6.87. The summed E-state index contributed by atoms with van der Waals surface area (Å²) in [5, 5.41) is 0.517. The number of rotatable bonds is 5. The molecule has 0 N–H and O–H groups in total. The van der Waals surface area contributed by atoms with Gasteiger partial charge in [-0.25, -0.2) is 12.7 Å². The van der Waals surface area contributed by atoms with E-state index in [9.17, 15) is 8.42 Å². The zero-order chi connectivity index (χ0) is 14.6. The molecule has 0 atom stereocenters. The molecule has 0 bridgehead atoms. The van der Waals surface area contributed by atoms with Gasteiger partial charge in [0.15, 0.2) is 0 Å².